The van der Waals surface area contributed by atoms with Crippen LogP contribution in [0.15, 0.2) is 36.7 Å². The molecule has 0 aliphatic carbocycles. The van der Waals surface area contributed by atoms with Crippen LogP contribution in [0.1, 0.15) is 7.43 Å². The summed E-state index contributed by atoms with van der Waals surface area (Å²) in [7, 11) is 0. The molecule has 0 aliphatic heterocycles. The van der Waals surface area contributed by atoms with Gasteiger partial charge in [-0.2, -0.15) is 10.2 Å². The number of nitrogen functional groups attached to an aromatic ring is 1. The zero-order valence-electron chi connectivity index (χ0n) is 15.3. The number of rotatable bonds is 3. The number of amides is 1. The second-order valence-electron chi connectivity index (χ2n) is 5.38. The summed E-state index contributed by atoms with van der Waals surface area (Å²) < 4.78 is 3.05. The number of nitrogens with one attached hydrogen (secondary N) is 1. The van der Waals surface area contributed by atoms with Gasteiger partial charge in [0.05, 0.1) is 23.1 Å². The molecule has 172 valence electrons. The number of hydrogen-bond donors (Lipinski definition) is 2. The van der Waals surface area contributed by atoms with Gasteiger partial charge in [0.15, 0.2) is 17.1 Å². The van der Waals surface area contributed by atoms with Gasteiger partial charge in [-0.25, -0.2) is 19.0 Å². The average molecular weight is 632 g/mol. The number of nitrogens with two attached hydrogens (primary N) is 1. The van der Waals surface area contributed by atoms with Gasteiger partial charge in [0.2, 0.25) is 11.1 Å². The fourth-order valence-electron chi connectivity index (χ4n) is 1.97. The minimum absolute atomic E-state index is 0. The normalized spacial score (nSPS) is 9.78. The Balaban J connectivity index is 0.000000266. The van der Waals surface area contributed by atoms with E-state index in [4.69, 9.17) is 40.5 Å². The highest BCUT2D eigenvalue weighted by Gasteiger charge is 2.05. The molecule has 0 spiro atoms. The number of carbonyl (C=O) groups excluding carboxylic acids is 2. The second kappa shape index (κ2) is 13.5. The molecular weight excluding hydrogens is 614 g/mol. The van der Waals surface area contributed by atoms with Gasteiger partial charge in [-0.05, 0) is 35.9 Å². The molecule has 32 heavy (non-hydrogen) atoms. The van der Waals surface area contributed by atoms with Crippen LogP contribution < -0.4 is 11.1 Å². The molecule has 4 heterocycles. The highest BCUT2D eigenvalue weighted by molar-refractivity contribution is 9.09. The molecule has 0 aromatic carbocycles. The Bertz CT molecular complexity index is 1200. The highest BCUT2D eigenvalue weighted by atomic mass is 79.9. The molecular formula is C17H17Br2Cl3N8O2. The second-order valence-corrected chi connectivity index (χ2v) is 7.70. The maximum atomic E-state index is 11.1. The maximum absolute atomic E-state index is 11.1. The van der Waals surface area contributed by atoms with E-state index in [2.05, 4.69) is 57.3 Å². The van der Waals surface area contributed by atoms with E-state index in [9.17, 15) is 9.59 Å². The number of halogens is 5. The lowest BCUT2D eigenvalue weighted by molar-refractivity contribution is -0.113. The third kappa shape index (κ3) is 8.87. The number of fused-ring (bicyclic) bond motifs is 2. The van der Waals surface area contributed by atoms with Gasteiger partial charge < -0.3 is 11.1 Å². The van der Waals surface area contributed by atoms with Crippen LogP contribution >= 0.6 is 66.7 Å². The Morgan fingerprint density at radius 2 is 1.44 bits per heavy atom. The zero-order chi connectivity index (χ0) is 23.0. The molecule has 0 bridgehead atoms. The summed E-state index contributed by atoms with van der Waals surface area (Å²) in [5.41, 5.74) is 6.76. The number of nitrogens with zero attached hydrogens (tertiary/aromatic N) is 6. The van der Waals surface area contributed by atoms with Crippen molar-refractivity contribution in [2.75, 3.05) is 21.7 Å². The van der Waals surface area contributed by atoms with Gasteiger partial charge in [-0.1, -0.05) is 62.5 Å². The first-order valence-electron chi connectivity index (χ1n) is 8.11. The van der Waals surface area contributed by atoms with Crippen LogP contribution in [-0.4, -0.2) is 51.0 Å². The molecule has 0 saturated heterocycles. The summed E-state index contributed by atoms with van der Waals surface area (Å²) in [4.78, 5) is 28.7. The van der Waals surface area contributed by atoms with E-state index in [-0.39, 0.29) is 29.2 Å². The van der Waals surface area contributed by atoms with Gasteiger partial charge in [0.1, 0.15) is 16.1 Å². The molecule has 0 aliphatic rings. The number of anilines is 2. The predicted molar refractivity (Wildman–Crippen MR) is 134 cm³/mol. The average Bonchev–Trinajstić information content (AvgIpc) is 3.29. The molecule has 15 heteroatoms. The van der Waals surface area contributed by atoms with Crippen LogP contribution in [0.25, 0.3) is 11.3 Å². The van der Waals surface area contributed by atoms with Gasteiger partial charge in [-0.15, -0.1) is 0 Å². The molecule has 0 fully saturated rings. The van der Waals surface area contributed by atoms with E-state index >= 15 is 0 Å². The van der Waals surface area contributed by atoms with E-state index < -0.39 is 0 Å². The summed E-state index contributed by atoms with van der Waals surface area (Å²) in [6.07, 6.45) is 3.21. The first-order valence-corrected chi connectivity index (χ1v) is 11.5. The number of hydrogen-bond acceptors (Lipinski definition) is 7. The van der Waals surface area contributed by atoms with Crippen molar-refractivity contribution < 1.29 is 9.59 Å². The fraction of sp³-hybridized carbons (Fsp3) is 0.176. The van der Waals surface area contributed by atoms with Crippen LogP contribution in [0, 0.1) is 0 Å². The van der Waals surface area contributed by atoms with Crippen LogP contribution in [0.3, 0.4) is 0 Å². The molecule has 0 atom stereocenters. The van der Waals surface area contributed by atoms with Gasteiger partial charge >= 0.3 is 0 Å². The molecule has 4 aromatic rings. The summed E-state index contributed by atoms with van der Waals surface area (Å²) >= 11 is 22.0. The SMILES string of the molecule is C.Nc1cn2nc(Cl)ccc2n1.O=C(CBr)Nc1cn2nc(Cl)ccc2n1.O=C(Cl)CBr. The number of aromatic nitrogens is 6. The Morgan fingerprint density at radius 1 is 0.938 bits per heavy atom. The molecule has 0 saturated carbocycles. The van der Waals surface area contributed by atoms with Crippen LogP contribution in [-0.2, 0) is 9.59 Å². The maximum Gasteiger partial charge on any atom is 0.236 e. The monoisotopic (exact) mass is 628 g/mol. The van der Waals surface area contributed by atoms with E-state index in [1.807, 2.05) is 0 Å². The minimum Gasteiger partial charge on any atom is -0.382 e. The van der Waals surface area contributed by atoms with Gasteiger partial charge in [0.25, 0.3) is 0 Å². The Kier molecular flexibility index (Phi) is 11.9. The number of alkyl halides is 2. The topological polar surface area (TPSA) is 133 Å². The standard InChI is InChI=1S/C8H6BrClN4O.C6H5ClN4.C2H2BrClO.CH4/c9-3-8(15)12-6-4-14-7(11-6)2-1-5(10)13-14;7-4-1-2-6-9-5(8)3-11(6)10-4;3-1-2(4)5;/h1-2,4H,3H2,(H,12,15);1-3H,8H2;1H2;1H4. The fourth-order valence-corrected chi connectivity index (χ4v) is 2.40. The first-order chi connectivity index (χ1) is 14.7. The summed E-state index contributed by atoms with van der Waals surface area (Å²) in [6, 6.07) is 6.79. The van der Waals surface area contributed by atoms with Crippen molar-refractivity contribution in [3.05, 3.63) is 47.0 Å². The van der Waals surface area contributed by atoms with E-state index in [1.54, 1.807) is 36.7 Å². The summed E-state index contributed by atoms with van der Waals surface area (Å²) in [5, 5.41) is 11.4. The van der Waals surface area contributed by atoms with E-state index in [1.165, 1.54) is 9.03 Å². The van der Waals surface area contributed by atoms with Crippen molar-refractivity contribution in [1.29, 1.82) is 0 Å². The largest absolute Gasteiger partial charge is 0.382 e. The van der Waals surface area contributed by atoms with Crippen LogP contribution in [0.2, 0.25) is 10.3 Å². The highest BCUT2D eigenvalue weighted by Crippen LogP contribution is 2.11. The summed E-state index contributed by atoms with van der Waals surface area (Å²) in [6.45, 7) is 0. The molecule has 10 nitrogen and oxygen atoms in total. The molecule has 0 unspecified atom stereocenters. The number of carbonyl (C=O) groups is 2. The lowest BCUT2D eigenvalue weighted by Crippen LogP contribution is -2.12. The van der Waals surface area contributed by atoms with Gasteiger partial charge in [-0.3, -0.25) is 9.59 Å². The van der Waals surface area contributed by atoms with Crippen molar-refractivity contribution in [3.63, 3.8) is 0 Å². The summed E-state index contributed by atoms with van der Waals surface area (Å²) in [5.74, 6) is 0.735. The zero-order valence-corrected chi connectivity index (χ0v) is 20.8. The third-order valence-corrected chi connectivity index (χ3v) is 4.97. The van der Waals surface area contributed by atoms with Crippen LogP contribution in [0.4, 0.5) is 11.6 Å². The predicted octanol–water partition coefficient (Wildman–Crippen LogP) is 4.46. The molecule has 4 rings (SSSR count). The lowest BCUT2D eigenvalue weighted by atomic mass is 10.6. The van der Waals surface area contributed by atoms with E-state index in [0.717, 1.165) is 0 Å². The molecule has 1 amide bonds. The number of imidazole rings is 2. The van der Waals surface area contributed by atoms with Crippen molar-refractivity contribution in [2.24, 2.45) is 0 Å². The lowest BCUT2D eigenvalue weighted by Gasteiger charge is -1.94. The Hall–Kier alpha value is -1.99. The molecule has 4 aromatic heterocycles. The van der Waals surface area contributed by atoms with Crippen molar-refractivity contribution in [2.45, 2.75) is 7.43 Å². The van der Waals surface area contributed by atoms with Crippen molar-refractivity contribution in [1.82, 2.24) is 29.2 Å². The van der Waals surface area contributed by atoms with Crippen molar-refractivity contribution in [3.8, 4) is 0 Å². The third-order valence-electron chi connectivity index (χ3n) is 3.09. The first kappa shape index (κ1) is 28.0. The smallest absolute Gasteiger partial charge is 0.236 e. The van der Waals surface area contributed by atoms with E-state index in [0.29, 0.717) is 33.2 Å². The Labute approximate surface area is 214 Å². The quantitative estimate of drug-likeness (QED) is 0.252. The Morgan fingerprint density at radius 3 is 1.94 bits per heavy atom. The molecule has 3 N–H and O–H groups in total. The van der Waals surface area contributed by atoms with Crippen molar-refractivity contribution >= 4 is 101 Å². The van der Waals surface area contributed by atoms with Crippen LogP contribution in [0.5, 0.6) is 0 Å². The minimum atomic E-state index is -0.356. The molecule has 0 radical (unpaired) electrons. The van der Waals surface area contributed by atoms with Gasteiger partial charge in [0, 0.05) is 0 Å².